The molecule has 2 aliphatic carbocycles. The van der Waals surface area contributed by atoms with Crippen molar-refractivity contribution in [2.45, 2.75) is 44.4 Å². The molecule has 0 aromatic heterocycles. The molecule has 1 heterocycles. The van der Waals surface area contributed by atoms with Gasteiger partial charge >= 0.3 is 0 Å². The van der Waals surface area contributed by atoms with Crippen molar-refractivity contribution in [1.82, 2.24) is 5.32 Å². The van der Waals surface area contributed by atoms with E-state index in [1.807, 2.05) is 0 Å². The highest BCUT2D eigenvalue weighted by Crippen LogP contribution is 2.45. The summed E-state index contributed by atoms with van der Waals surface area (Å²) in [5, 5.41) is 3.46. The minimum atomic E-state index is 0.707. The lowest BCUT2D eigenvalue weighted by molar-refractivity contribution is 0.170. The molecule has 1 N–H and O–H groups in total. The minimum Gasteiger partial charge on any atom is -0.316 e. The summed E-state index contributed by atoms with van der Waals surface area (Å²) in [6.07, 6.45) is 8.52. The van der Waals surface area contributed by atoms with E-state index in [2.05, 4.69) is 29.6 Å². The molecule has 18 heavy (non-hydrogen) atoms. The van der Waals surface area contributed by atoms with Gasteiger partial charge in [-0.2, -0.15) is 0 Å². The van der Waals surface area contributed by atoms with Gasteiger partial charge in [-0.25, -0.2) is 0 Å². The molecule has 96 valence electrons. The van der Waals surface area contributed by atoms with Crippen LogP contribution >= 0.6 is 0 Å². The first kappa shape index (κ1) is 11.0. The fourth-order valence-corrected chi connectivity index (χ4v) is 3.98. The van der Waals surface area contributed by atoms with Crippen molar-refractivity contribution in [3.8, 4) is 0 Å². The van der Waals surface area contributed by atoms with Crippen LogP contribution in [0.2, 0.25) is 0 Å². The lowest BCUT2D eigenvalue weighted by atomic mass is 9.79. The second-order valence-electron chi connectivity index (χ2n) is 6.93. The number of rotatable bonds is 3. The largest absolute Gasteiger partial charge is 0.316 e. The maximum atomic E-state index is 3.46. The second-order valence-corrected chi connectivity index (χ2v) is 6.93. The van der Waals surface area contributed by atoms with Crippen LogP contribution in [0.3, 0.4) is 0 Å². The highest BCUT2D eigenvalue weighted by molar-refractivity contribution is 5.28. The summed E-state index contributed by atoms with van der Waals surface area (Å²) in [6.45, 7) is 2.56. The van der Waals surface area contributed by atoms with Gasteiger partial charge in [-0.1, -0.05) is 24.3 Å². The Bertz CT molecular complexity index is 425. The van der Waals surface area contributed by atoms with E-state index < -0.39 is 0 Å². The zero-order valence-corrected chi connectivity index (χ0v) is 11.1. The zero-order chi connectivity index (χ0) is 12.0. The summed E-state index contributed by atoms with van der Waals surface area (Å²) in [7, 11) is 0. The average molecular weight is 241 g/mol. The third kappa shape index (κ3) is 1.99. The Hall–Kier alpha value is -0.820. The first-order valence-corrected chi connectivity index (χ1v) is 7.63. The molecule has 4 rings (SSSR count). The lowest BCUT2D eigenvalue weighted by Crippen LogP contribution is -2.51. The van der Waals surface area contributed by atoms with Gasteiger partial charge in [0.25, 0.3) is 0 Å². The molecule has 1 aromatic rings. The predicted octanol–water partition coefficient (Wildman–Crippen LogP) is 3.50. The normalized spacial score (nSPS) is 29.4. The Morgan fingerprint density at radius 1 is 1.06 bits per heavy atom. The third-order valence-electron chi connectivity index (χ3n) is 5.36. The molecule has 1 nitrogen and oxygen atoms in total. The number of hydrogen-bond donors (Lipinski definition) is 1. The number of benzene rings is 1. The average Bonchev–Trinajstić information content (AvgIpc) is 3.10. The van der Waals surface area contributed by atoms with Crippen molar-refractivity contribution in [3.05, 3.63) is 35.4 Å². The molecule has 1 atom stereocenters. The van der Waals surface area contributed by atoms with Crippen LogP contribution in [0.5, 0.6) is 0 Å². The van der Waals surface area contributed by atoms with E-state index in [0.717, 1.165) is 11.8 Å². The van der Waals surface area contributed by atoms with E-state index in [-0.39, 0.29) is 0 Å². The van der Waals surface area contributed by atoms with Gasteiger partial charge in [0.2, 0.25) is 0 Å². The zero-order valence-electron chi connectivity index (χ0n) is 11.1. The highest BCUT2D eigenvalue weighted by atomic mass is 15.0. The van der Waals surface area contributed by atoms with Crippen molar-refractivity contribution in [2.75, 3.05) is 13.1 Å². The molecule has 1 aliphatic heterocycles. The van der Waals surface area contributed by atoms with Crippen molar-refractivity contribution in [2.24, 2.45) is 11.3 Å². The molecular weight excluding hydrogens is 218 g/mol. The van der Waals surface area contributed by atoms with Crippen LogP contribution in [-0.4, -0.2) is 13.1 Å². The molecule has 1 saturated heterocycles. The number of nitrogens with one attached hydrogen (secondary N) is 1. The Morgan fingerprint density at radius 2 is 1.83 bits per heavy atom. The van der Waals surface area contributed by atoms with E-state index in [9.17, 15) is 0 Å². The van der Waals surface area contributed by atoms with E-state index in [0.29, 0.717) is 5.41 Å². The molecule has 3 fully saturated rings. The maximum absolute atomic E-state index is 3.46. The Kier molecular flexibility index (Phi) is 2.51. The molecule has 1 aromatic carbocycles. The summed E-state index contributed by atoms with van der Waals surface area (Å²) in [5.74, 6) is 1.84. The fraction of sp³-hybridized carbons (Fsp3) is 0.647. The van der Waals surface area contributed by atoms with Crippen molar-refractivity contribution < 1.29 is 0 Å². The summed E-state index contributed by atoms with van der Waals surface area (Å²) in [4.78, 5) is 0. The van der Waals surface area contributed by atoms with E-state index in [4.69, 9.17) is 0 Å². The van der Waals surface area contributed by atoms with E-state index in [1.54, 1.807) is 11.1 Å². The molecule has 3 aliphatic rings. The quantitative estimate of drug-likeness (QED) is 0.854. The molecular formula is C17H23N. The summed E-state index contributed by atoms with van der Waals surface area (Å²) in [6, 6.07) is 9.53. The highest BCUT2D eigenvalue weighted by Gasteiger charge is 2.43. The first-order chi connectivity index (χ1) is 8.83. The van der Waals surface area contributed by atoms with Gasteiger partial charge in [0.15, 0.2) is 0 Å². The second kappa shape index (κ2) is 4.09. The SMILES string of the molecule is c1cc(C2CC2)ccc1CC1CCC2(CNC2)C1. The van der Waals surface area contributed by atoms with Crippen molar-refractivity contribution in [1.29, 1.82) is 0 Å². The summed E-state index contributed by atoms with van der Waals surface area (Å²) >= 11 is 0. The summed E-state index contributed by atoms with van der Waals surface area (Å²) < 4.78 is 0. The third-order valence-corrected chi connectivity index (χ3v) is 5.36. The summed E-state index contributed by atoms with van der Waals surface area (Å²) in [5.41, 5.74) is 3.84. The predicted molar refractivity (Wildman–Crippen MR) is 74.8 cm³/mol. The fourth-order valence-electron chi connectivity index (χ4n) is 3.98. The van der Waals surface area contributed by atoms with Gasteiger partial charge < -0.3 is 5.32 Å². The molecule has 1 unspecified atom stereocenters. The van der Waals surface area contributed by atoms with Gasteiger partial charge in [-0.05, 0) is 66.9 Å². The molecule has 0 radical (unpaired) electrons. The first-order valence-electron chi connectivity index (χ1n) is 7.63. The Balaban J connectivity index is 1.39. The van der Waals surface area contributed by atoms with Crippen LogP contribution in [0.15, 0.2) is 24.3 Å². The molecule has 2 saturated carbocycles. The van der Waals surface area contributed by atoms with Crippen molar-refractivity contribution >= 4 is 0 Å². The molecule has 0 amide bonds. The van der Waals surface area contributed by atoms with Crippen LogP contribution in [0, 0.1) is 11.3 Å². The van der Waals surface area contributed by atoms with Gasteiger partial charge in [0.1, 0.15) is 0 Å². The Labute approximate surface area is 110 Å². The van der Waals surface area contributed by atoms with Gasteiger partial charge in [-0.15, -0.1) is 0 Å². The maximum Gasteiger partial charge on any atom is 0.00203 e. The molecule has 0 bridgehead atoms. The van der Waals surface area contributed by atoms with Gasteiger partial charge in [0, 0.05) is 13.1 Å². The minimum absolute atomic E-state index is 0.707. The van der Waals surface area contributed by atoms with Crippen LogP contribution in [0.25, 0.3) is 0 Å². The van der Waals surface area contributed by atoms with Gasteiger partial charge in [0.05, 0.1) is 0 Å². The van der Waals surface area contributed by atoms with Crippen LogP contribution in [0.1, 0.15) is 49.1 Å². The van der Waals surface area contributed by atoms with Crippen molar-refractivity contribution in [3.63, 3.8) is 0 Å². The molecule has 1 heteroatoms. The van der Waals surface area contributed by atoms with Crippen LogP contribution in [-0.2, 0) is 6.42 Å². The molecule has 1 spiro atoms. The monoisotopic (exact) mass is 241 g/mol. The smallest absolute Gasteiger partial charge is 0.00203 e. The van der Waals surface area contributed by atoms with E-state index in [1.165, 1.54) is 51.6 Å². The number of hydrogen-bond acceptors (Lipinski definition) is 1. The van der Waals surface area contributed by atoms with Crippen LogP contribution in [0.4, 0.5) is 0 Å². The van der Waals surface area contributed by atoms with Crippen LogP contribution < -0.4 is 5.32 Å². The standard InChI is InChI=1S/C17H23N/c1-3-15(16-5-6-16)4-2-13(1)9-14-7-8-17(10-14)11-18-12-17/h1-4,14,16,18H,5-12H2. The van der Waals surface area contributed by atoms with E-state index >= 15 is 0 Å². The Morgan fingerprint density at radius 3 is 2.39 bits per heavy atom. The van der Waals surface area contributed by atoms with Gasteiger partial charge in [-0.3, -0.25) is 0 Å². The lowest BCUT2D eigenvalue weighted by Gasteiger charge is -2.39. The topological polar surface area (TPSA) is 12.0 Å².